The standard InChI is InChI=1S/C39H33IN2O8S/c1-4-48-28-16-14-26(15-17-28)34-32(38(46)49-5-2)33(25-11-7-6-8-12-25)41-39-42(34)36(43)31(51-39)21-24-19-29(40)35(30(20-24)47-3)50-22-23-10-9-13-27(18-23)37(44)45/h6-21,34H,4-5,22H2,1-3H3,(H,44,45)/b31-21+/t34-/m1/s1. The Kier molecular flexibility index (Phi) is 11.0. The summed E-state index contributed by atoms with van der Waals surface area (Å²) in [4.78, 5) is 44.9. The van der Waals surface area contributed by atoms with Crippen LogP contribution in [-0.2, 0) is 16.1 Å². The molecule has 0 bridgehead atoms. The Hall–Kier alpha value is -5.21. The van der Waals surface area contributed by atoms with E-state index in [0.717, 1.165) is 9.13 Å². The van der Waals surface area contributed by atoms with Gasteiger partial charge in [0.2, 0.25) is 0 Å². The van der Waals surface area contributed by atoms with Crippen LogP contribution in [0.5, 0.6) is 17.2 Å². The van der Waals surface area contributed by atoms with Crippen LogP contribution in [0.25, 0.3) is 11.8 Å². The molecule has 12 heteroatoms. The van der Waals surface area contributed by atoms with Crippen LogP contribution in [0.3, 0.4) is 0 Å². The van der Waals surface area contributed by atoms with Gasteiger partial charge in [0.15, 0.2) is 16.3 Å². The number of methoxy groups -OCH3 is 1. The second-order valence-corrected chi connectivity index (χ2v) is 13.4. The van der Waals surface area contributed by atoms with Gasteiger partial charge >= 0.3 is 11.9 Å². The van der Waals surface area contributed by atoms with E-state index in [1.807, 2.05) is 67.6 Å². The van der Waals surface area contributed by atoms with Crippen LogP contribution in [0.2, 0.25) is 0 Å². The average Bonchev–Trinajstić information content (AvgIpc) is 3.45. The Bertz CT molecular complexity index is 2310. The van der Waals surface area contributed by atoms with Crippen molar-refractivity contribution in [3.05, 3.63) is 148 Å². The van der Waals surface area contributed by atoms with E-state index in [1.54, 1.807) is 41.8 Å². The fraction of sp³-hybridized carbons (Fsp3) is 0.179. The van der Waals surface area contributed by atoms with Gasteiger partial charge in [-0.15, -0.1) is 0 Å². The summed E-state index contributed by atoms with van der Waals surface area (Å²) in [6, 6.07) is 26.1. The molecule has 0 radical (unpaired) electrons. The van der Waals surface area contributed by atoms with Gasteiger partial charge in [0.25, 0.3) is 5.56 Å². The number of esters is 1. The van der Waals surface area contributed by atoms with Crippen LogP contribution in [-0.4, -0.2) is 41.9 Å². The van der Waals surface area contributed by atoms with Gasteiger partial charge in [-0.25, -0.2) is 14.6 Å². The normalized spacial score (nSPS) is 14.0. The zero-order valence-corrected chi connectivity index (χ0v) is 30.9. The zero-order chi connectivity index (χ0) is 36.1. The molecular formula is C39H33IN2O8S. The lowest BCUT2D eigenvalue weighted by molar-refractivity contribution is -0.138. The SMILES string of the molecule is CCOC(=O)C1=C(c2ccccc2)N=c2s/c(=C/c3cc(I)c(OCc4cccc(C(=O)O)c4)c(OC)c3)c(=O)n2[C@@H]1c1ccc(OCC)cc1. The van der Waals surface area contributed by atoms with E-state index >= 15 is 0 Å². The van der Waals surface area contributed by atoms with E-state index in [0.29, 0.717) is 55.6 Å². The number of benzene rings is 4. The van der Waals surface area contributed by atoms with Crippen molar-refractivity contribution >= 4 is 57.6 Å². The Labute approximate surface area is 311 Å². The number of rotatable bonds is 12. The fourth-order valence-electron chi connectivity index (χ4n) is 5.73. The van der Waals surface area contributed by atoms with E-state index < -0.39 is 18.0 Å². The molecule has 0 saturated heterocycles. The van der Waals surface area contributed by atoms with Crippen molar-refractivity contribution in [1.29, 1.82) is 0 Å². The van der Waals surface area contributed by atoms with Gasteiger partial charge in [0, 0.05) is 5.56 Å². The molecule has 0 aliphatic carbocycles. The topological polar surface area (TPSA) is 126 Å². The average molecular weight is 817 g/mol. The van der Waals surface area contributed by atoms with Gasteiger partial charge in [-0.2, -0.15) is 0 Å². The van der Waals surface area contributed by atoms with Crippen molar-refractivity contribution in [1.82, 2.24) is 4.57 Å². The molecule has 10 nitrogen and oxygen atoms in total. The number of aromatic nitrogens is 1. The van der Waals surface area contributed by atoms with Crippen molar-refractivity contribution in [2.45, 2.75) is 26.5 Å². The lowest BCUT2D eigenvalue weighted by atomic mass is 9.93. The van der Waals surface area contributed by atoms with E-state index in [2.05, 4.69) is 22.6 Å². The lowest BCUT2D eigenvalue weighted by Gasteiger charge is -2.26. The molecule has 5 aromatic rings. The van der Waals surface area contributed by atoms with Gasteiger partial charge in [-0.1, -0.05) is 65.9 Å². The Morgan fingerprint density at radius 2 is 1.73 bits per heavy atom. The molecule has 260 valence electrons. The van der Waals surface area contributed by atoms with E-state index in [4.69, 9.17) is 23.9 Å². The second-order valence-electron chi connectivity index (χ2n) is 11.3. The molecule has 4 aromatic carbocycles. The monoisotopic (exact) mass is 816 g/mol. The van der Waals surface area contributed by atoms with Crippen molar-refractivity contribution < 1.29 is 33.6 Å². The highest BCUT2D eigenvalue weighted by molar-refractivity contribution is 14.1. The molecule has 1 aliphatic rings. The number of ether oxygens (including phenoxy) is 4. The number of halogens is 1. The Morgan fingerprint density at radius 3 is 2.41 bits per heavy atom. The molecule has 0 saturated carbocycles. The van der Waals surface area contributed by atoms with E-state index in [1.165, 1.54) is 24.5 Å². The van der Waals surface area contributed by atoms with Crippen LogP contribution >= 0.6 is 33.9 Å². The lowest BCUT2D eigenvalue weighted by Crippen LogP contribution is -2.40. The minimum Gasteiger partial charge on any atom is -0.494 e. The quantitative estimate of drug-likeness (QED) is 0.116. The third-order valence-corrected chi connectivity index (χ3v) is 9.77. The summed E-state index contributed by atoms with van der Waals surface area (Å²) in [5, 5.41) is 9.35. The highest BCUT2D eigenvalue weighted by atomic mass is 127. The molecule has 1 aromatic heterocycles. The maximum Gasteiger partial charge on any atom is 0.338 e. The minimum absolute atomic E-state index is 0.128. The molecule has 51 heavy (non-hydrogen) atoms. The highest BCUT2D eigenvalue weighted by Gasteiger charge is 2.35. The van der Waals surface area contributed by atoms with Crippen molar-refractivity contribution in [2.24, 2.45) is 4.99 Å². The minimum atomic E-state index is -1.02. The van der Waals surface area contributed by atoms with Crippen LogP contribution in [0.15, 0.2) is 106 Å². The van der Waals surface area contributed by atoms with Gasteiger partial charge in [-0.05, 0) is 95.6 Å². The highest BCUT2D eigenvalue weighted by Crippen LogP contribution is 2.37. The van der Waals surface area contributed by atoms with Crippen molar-refractivity contribution in [3.8, 4) is 17.2 Å². The van der Waals surface area contributed by atoms with Gasteiger partial charge < -0.3 is 24.1 Å². The van der Waals surface area contributed by atoms with Crippen LogP contribution in [0.4, 0.5) is 0 Å². The number of aromatic carboxylic acids is 1. The Morgan fingerprint density at radius 1 is 0.961 bits per heavy atom. The molecule has 1 aliphatic heterocycles. The van der Waals surface area contributed by atoms with E-state index in [9.17, 15) is 19.5 Å². The first kappa shape index (κ1) is 35.6. The first-order valence-electron chi connectivity index (χ1n) is 16.1. The Balaban J connectivity index is 1.46. The molecular weight excluding hydrogens is 783 g/mol. The fourth-order valence-corrected chi connectivity index (χ4v) is 7.52. The van der Waals surface area contributed by atoms with Gasteiger partial charge in [0.1, 0.15) is 12.4 Å². The summed E-state index contributed by atoms with van der Waals surface area (Å²) < 4.78 is 25.7. The molecule has 1 atom stereocenters. The first-order chi connectivity index (χ1) is 24.7. The molecule has 2 heterocycles. The summed E-state index contributed by atoms with van der Waals surface area (Å²) >= 11 is 3.36. The number of nitrogens with zero attached hydrogens (tertiary/aromatic N) is 2. The molecule has 0 unspecified atom stereocenters. The van der Waals surface area contributed by atoms with E-state index in [-0.39, 0.29) is 29.9 Å². The summed E-state index contributed by atoms with van der Waals surface area (Å²) in [6.45, 7) is 4.42. The smallest absolute Gasteiger partial charge is 0.338 e. The van der Waals surface area contributed by atoms with Gasteiger partial charge in [-0.3, -0.25) is 9.36 Å². The van der Waals surface area contributed by atoms with Gasteiger partial charge in [0.05, 0.1) is 51.3 Å². The number of thiazole rings is 1. The zero-order valence-electron chi connectivity index (χ0n) is 27.9. The number of carboxylic acid groups (broad SMARTS) is 1. The number of carboxylic acids is 1. The number of hydrogen-bond acceptors (Lipinski definition) is 9. The molecule has 6 rings (SSSR count). The van der Waals surface area contributed by atoms with Crippen LogP contribution < -0.4 is 29.1 Å². The molecule has 0 fully saturated rings. The molecule has 1 N–H and O–H groups in total. The number of carbonyl (C=O) groups excluding carboxylic acids is 1. The number of carbonyl (C=O) groups is 2. The predicted molar refractivity (Wildman–Crippen MR) is 202 cm³/mol. The summed E-state index contributed by atoms with van der Waals surface area (Å²) in [5.74, 6) is 0.0251. The maximum atomic E-state index is 14.4. The maximum absolute atomic E-state index is 14.4. The summed E-state index contributed by atoms with van der Waals surface area (Å²) in [5.41, 5.74) is 3.35. The van der Waals surface area contributed by atoms with Crippen LogP contribution in [0, 0.1) is 3.57 Å². The first-order valence-corrected chi connectivity index (χ1v) is 18.0. The molecule has 0 amide bonds. The number of hydrogen-bond donors (Lipinski definition) is 1. The second kappa shape index (κ2) is 15.8. The predicted octanol–water partition coefficient (Wildman–Crippen LogP) is 6.22. The summed E-state index contributed by atoms with van der Waals surface area (Å²) in [6.07, 6.45) is 1.76. The molecule has 0 spiro atoms. The van der Waals surface area contributed by atoms with Crippen molar-refractivity contribution in [2.75, 3.05) is 20.3 Å². The summed E-state index contributed by atoms with van der Waals surface area (Å²) in [7, 11) is 1.53. The van der Waals surface area contributed by atoms with Crippen LogP contribution in [0.1, 0.15) is 52.5 Å². The number of fused-ring (bicyclic) bond motifs is 1. The third-order valence-electron chi connectivity index (χ3n) is 7.99. The third kappa shape index (κ3) is 7.61. The largest absolute Gasteiger partial charge is 0.494 e. The van der Waals surface area contributed by atoms with Crippen molar-refractivity contribution in [3.63, 3.8) is 0 Å².